The Labute approximate surface area is 137 Å². The fourth-order valence-electron chi connectivity index (χ4n) is 2.48. The molecule has 0 bridgehead atoms. The Bertz CT molecular complexity index is 929. The monoisotopic (exact) mass is 352 g/mol. The van der Waals surface area contributed by atoms with Crippen LogP contribution < -0.4 is 4.74 Å². The van der Waals surface area contributed by atoms with Gasteiger partial charge in [0.05, 0.1) is 7.11 Å². The Morgan fingerprint density at radius 1 is 1.09 bits per heavy atom. The Balaban J connectivity index is 2.19. The molecule has 0 amide bonds. The minimum Gasteiger partial charge on any atom is -0.496 e. The average Bonchev–Trinajstić information content (AvgIpc) is 2.85. The average molecular weight is 353 g/mol. The number of methoxy groups -OCH3 is 1. The number of halogens is 1. The number of rotatable bonds is 4. The second kappa shape index (κ2) is 5.91. The van der Waals surface area contributed by atoms with Gasteiger partial charge >= 0.3 is 0 Å². The van der Waals surface area contributed by atoms with Crippen molar-refractivity contribution in [1.82, 2.24) is 0 Å². The molecule has 0 atom stereocenters. The minimum atomic E-state index is -3.81. The van der Waals surface area contributed by atoms with Crippen LogP contribution in [0, 0.1) is 0 Å². The summed E-state index contributed by atoms with van der Waals surface area (Å²) in [5.41, 5.74) is 0.929. The molecular formula is C16H13ClO3S2. The molecular weight excluding hydrogens is 340 g/mol. The summed E-state index contributed by atoms with van der Waals surface area (Å²) in [5, 5.41) is 0.674. The lowest BCUT2D eigenvalue weighted by molar-refractivity contribution is 0.410. The van der Waals surface area contributed by atoms with Crippen LogP contribution in [0.15, 0.2) is 53.4 Å². The van der Waals surface area contributed by atoms with Crippen LogP contribution in [0.3, 0.4) is 0 Å². The zero-order valence-corrected chi connectivity index (χ0v) is 14.1. The molecule has 0 N–H and O–H groups in total. The van der Waals surface area contributed by atoms with E-state index in [1.54, 1.807) is 13.2 Å². The lowest BCUT2D eigenvalue weighted by atomic mass is 10.1. The quantitative estimate of drug-likeness (QED) is 0.652. The maximum Gasteiger partial charge on any atom is 0.263 e. The molecule has 0 aliphatic heterocycles. The van der Waals surface area contributed by atoms with E-state index in [2.05, 4.69) is 0 Å². The number of fused-ring (bicyclic) bond motifs is 1. The molecule has 3 rings (SSSR count). The van der Waals surface area contributed by atoms with Crippen LogP contribution >= 0.6 is 22.0 Å². The lowest BCUT2D eigenvalue weighted by Gasteiger charge is -2.07. The first-order valence-corrected chi connectivity index (χ1v) is 9.70. The summed E-state index contributed by atoms with van der Waals surface area (Å²) >= 11 is 1.45. The summed E-state index contributed by atoms with van der Waals surface area (Å²) in [5.74, 6) is 0.734. The first-order valence-electron chi connectivity index (χ1n) is 6.57. The van der Waals surface area contributed by atoms with Gasteiger partial charge in [-0.15, -0.1) is 11.3 Å². The largest absolute Gasteiger partial charge is 0.496 e. The van der Waals surface area contributed by atoms with Gasteiger partial charge in [-0.3, -0.25) is 0 Å². The zero-order valence-electron chi connectivity index (χ0n) is 11.7. The van der Waals surface area contributed by atoms with Crippen molar-refractivity contribution >= 4 is 41.2 Å². The van der Waals surface area contributed by atoms with Crippen molar-refractivity contribution in [3.8, 4) is 5.75 Å². The Morgan fingerprint density at radius 3 is 2.50 bits per heavy atom. The highest BCUT2D eigenvalue weighted by atomic mass is 35.7. The molecule has 0 saturated heterocycles. The van der Waals surface area contributed by atoms with E-state index in [4.69, 9.17) is 15.4 Å². The first-order chi connectivity index (χ1) is 10.5. The number of hydrogen-bond acceptors (Lipinski definition) is 4. The standard InChI is InChI=1S/C16H13ClO3S2/c1-20-13-8-4-2-6-11(13)10-15-16(22(17,18)19)12-7-3-5-9-14(12)21-15/h2-9H,10H2,1H3. The SMILES string of the molecule is COc1ccccc1Cc1sc2ccccc2c1S(=O)(=O)Cl. The summed E-state index contributed by atoms with van der Waals surface area (Å²) in [7, 11) is 3.46. The number of ether oxygens (including phenoxy) is 1. The van der Waals surface area contributed by atoms with Gasteiger partial charge in [-0.25, -0.2) is 8.42 Å². The van der Waals surface area contributed by atoms with Crippen LogP contribution in [0.5, 0.6) is 5.75 Å². The maximum atomic E-state index is 12.0. The summed E-state index contributed by atoms with van der Waals surface area (Å²) in [4.78, 5) is 0.932. The fraction of sp³-hybridized carbons (Fsp3) is 0.125. The number of benzene rings is 2. The Kier molecular flexibility index (Phi) is 4.12. The zero-order chi connectivity index (χ0) is 15.7. The Hall–Kier alpha value is -1.56. The van der Waals surface area contributed by atoms with Gasteiger partial charge in [0, 0.05) is 32.1 Å². The summed E-state index contributed by atoms with van der Waals surface area (Å²) in [6, 6.07) is 15.0. The molecule has 3 nitrogen and oxygen atoms in total. The van der Waals surface area contributed by atoms with E-state index in [0.717, 1.165) is 20.9 Å². The van der Waals surface area contributed by atoms with E-state index in [-0.39, 0.29) is 4.90 Å². The van der Waals surface area contributed by atoms with Gasteiger partial charge in [-0.05, 0) is 17.7 Å². The van der Waals surface area contributed by atoms with Crippen molar-refractivity contribution in [2.75, 3.05) is 7.11 Å². The topological polar surface area (TPSA) is 43.4 Å². The van der Waals surface area contributed by atoms with Gasteiger partial charge in [0.25, 0.3) is 9.05 Å². The molecule has 0 unspecified atom stereocenters. The molecule has 0 saturated carbocycles. The van der Waals surface area contributed by atoms with Gasteiger partial charge in [-0.1, -0.05) is 36.4 Å². The van der Waals surface area contributed by atoms with Gasteiger partial charge in [-0.2, -0.15) is 0 Å². The molecule has 3 aromatic rings. The van der Waals surface area contributed by atoms with Crippen LogP contribution in [0.2, 0.25) is 0 Å². The molecule has 0 fully saturated rings. The minimum absolute atomic E-state index is 0.209. The van der Waals surface area contributed by atoms with Crippen LogP contribution in [-0.4, -0.2) is 15.5 Å². The van der Waals surface area contributed by atoms with Crippen molar-refractivity contribution in [3.05, 3.63) is 59.0 Å². The van der Waals surface area contributed by atoms with Gasteiger partial charge < -0.3 is 4.74 Å². The molecule has 6 heteroatoms. The van der Waals surface area contributed by atoms with Crippen LogP contribution in [-0.2, 0) is 15.5 Å². The molecule has 0 spiro atoms. The predicted octanol–water partition coefficient (Wildman–Crippen LogP) is 4.43. The molecule has 1 aromatic heterocycles. The third kappa shape index (κ3) is 2.84. The van der Waals surface area contributed by atoms with E-state index in [9.17, 15) is 8.42 Å². The molecule has 2 aromatic carbocycles. The van der Waals surface area contributed by atoms with Gasteiger partial charge in [0.1, 0.15) is 10.6 Å². The third-order valence-electron chi connectivity index (χ3n) is 3.41. The molecule has 22 heavy (non-hydrogen) atoms. The predicted molar refractivity (Wildman–Crippen MR) is 90.7 cm³/mol. The van der Waals surface area contributed by atoms with Crippen molar-refractivity contribution in [3.63, 3.8) is 0 Å². The molecule has 0 aliphatic carbocycles. The lowest BCUT2D eigenvalue weighted by Crippen LogP contribution is -1.97. The number of hydrogen-bond donors (Lipinski definition) is 0. The highest BCUT2D eigenvalue weighted by Crippen LogP contribution is 2.38. The van der Waals surface area contributed by atoms with Crippen molar-refractivity contribution in [1.29, 1.82) is 0 Å². The van der Waals surface area contributed by atoms with Crippen molar-refractivity contribution in [2.45, 2.75) is 11.3 Å². The number of para-hydroxylation sites is 1. The summed E-state index contributed by atoms with van der Waals surface area (Å²) in [6.45, 7) is 0. The van der Waals surface area contributed by atoms with E-state index in [0.29, 0.717) is 11.8 Å². The van der Waals surface area contributed by atoms with E-state index >= 15 is 0 Å². The molecule has 1 heterocycles. The fourth-order valence-corrected chi connectivity index (χ4v) is 5.57. The van der Waals surface area contributed by atoms with E-state index < -0.39 is 9.05 Å². The van der Waals surface area contributed by atoms with Crippen LogP contribution in [0.4, 0.5) is 0 Å². The second-order valence-corrected chi connectivity index (χ2v) is 8.42. The Morgan fingerprint density at radius 2 is 1.77 bits per heavy atom. The highest BCUT2D eigenvalue weighted by molar-refractivity contribution is 8.14. The van der Waals surface area contributed by atoms with E-state index in [1.165, 1.54) is 11.3 Å². The normalized spacial score (nSPS) is 11.7. The van der Waals surface area contributed by atoms with Crippen LogP contribution in [0.25, 0.3) is 10.1 Å². The molecule has 0 radical (unpaired) electrons. The smallest absolute Gasteiger partial charge is 0.263 e. The maximum absolute atomic E-state index is 12.0. The second-order valence-electron chi connectivity index (χ2n) is 4.78. The van der Waals surface area contributed by atoms with Crippen LogP contribution in [0.1, 0.15) is 10.4 Å². The highest BCUT2D eigenvalue weighted by Gasteiger charge is 2.23. The van der Waals surface area contributed by atoms with Crippen molar-refractivity contribution in [2.24, 2.45) is 0 Å². The summed E-state index contributed by atoms with van der Waals surface area (Å²) < 4.78 is 30.3. The third-order valence-corrected chi connectivity index (χ3v) is 6.12. The number of thiophene rings is 1. The first kappa shape index (κ1) is 15.3. The van der Waals surface area contributed by atoms with Crippen molar-refractivity contribution < 1.29 is 13.2 Å². The van der Waals surface area contributed by atoms with E-state index in [1.807, 2.05) is 42.5 Å². The van der Waals surface area contributed by atoms with Gasteiger partial charge in [0.15, 0.2) is 0 Å². The molecule has 0 aliphatic rings. The van der Waals surface area contributed by atoms with Gasteiger partial charge in [0.2, 0.25) is 0 Å². The molecule has 114 valence electrons. The summed E-state index contributed by atoms with van der Waals surface area (Å²) in [6.07, 6.45) is 0.463.